The van der Waals surface area contributed by atoms with Gasteiger partial charge in [0.2, 0.25) is 0 Å². The zero-order valence-electron chi connectivity index (χ0n) is 17.3. The van der Waals surface area contributed by atoms with Crippen molar-refractivity contribution in [1.29, 1.82) is 0 Å². The summed E-state index contributed by atoms with van der Waals surface area (Å²) in [7, 11) is 0. The van der Waals surface area contributed by atoms with Gasteiger partial charge in [0.25, 0.3) is 0 Å². The van der Waals surface area contributed by atoms with E-state index in [2.05, 4.69) is 42.5 Å². The van der Waals surface area contributed by atoms with Crippen molar-refractivity contribution in [3.05, 3.63) is 60.2 Å². The summed E-state index contributed by atoms with van der Waals surface area (Å²) in [5, 5.41) is 0. The highest BCUT2D eigenvalue weighted by Crippen LogP contribution is 2.24. The Morgan fingerprint density at radius 1 is 0.741 bits per heavy atom. The van der Waals surface area contributed by atoms with Crippen LogP contribution in [-0.4, -0.2) is 25.1 Å². The number of hydrogen-bond acceptors (Lipinski definition) is 4. The molecule has 27 heavy (non-hydrogen) atoms. The third kappa shape index (κ3) is 7.00. The van der Waals surface area contributed by atoms with Gasteiger partial charge >= 0.3 is 6.75 Å². The molecular weight excluding hydrogens is 355 g/mol. The minimum absolute atomic E-state index is 0.0110. The highest BCUT2D eigenvalue weighted by atomic mass is 32.2. The van der Waals surface area contributed by atoms with Gasteiger partial charge in [-0.05, 0) is 53.2 Å². The molecule has 148 valence electrons. The molecule has 0 heterocycles. The van der Waals surface area contributed by atoms with Crippen LogP contribution >= 0.6 is 11.8 Å². The van der Waals surface area contributed by atoms with Gasteiger partial charge in [-0.1, -0.05) is 48.5 Å². The van der Waals surface area contributed by atoms with Gasteiger partial charge in [-0.25, -0.2) is 0 Å². The molecule has 2 aromatic rings. The zero-order valence-corrected chi connectivity index (χ0v) is 18.2. The quantitative estimate of drug-likeness (QED) is 0.403. The van der Waals surface area contributed by atoms with Crippen molar-refractivity contribution in [3.8, 4) is 0 Å². The van der Waals surface area contributed by atoms with E-state index >= 15 is 0 Å². The fourth-order valence-corrected chi connectivity index (χ4v) is 3.89. The lowest BCUT2D eigenvalue weighted by molar-refractivity contribution is 0.0153. The van der Waals surface area contributed by atoms with E-state index in [0.717, 1.165) is 11.2 Å². The van der Waals surface area contributed by atoms with Crippen LogP contribution in [-0.2, 0) is 19.7 Å². The standard InChI is InChI=1S/C22H32BO3S/c1-17(2)24-23(25-18(3)4,26-19(5)6)21-13-10-14-22(15-21)27-16-20-11-8-7-9-12-20/h7-15,17-19H,16H2,1-6H3/q-1. The average molecular weight is 387 g/mol. The molecule has 2 rings (SSSR count). The van der Waals surface area contributed by atoms with Gasteiger partial charge < -0.3 is 14.0 Å². The second-order valence-corrected chi connectivity index (χ2v) is 8.59. The van der Waals surface area contributed by atoms with E-state index in [4.69, 9.17) is 14.0 Å². The molecule has 3 nitrogen and oxygen atoms in total. The lowest BCUT2D eigenvalue weighted by Crippen LogP contribution is -2.60. The molecule has 0 atom stereocenters. The minimum atomic E-state index is -2.02. The summed E-state index contributed by atoms with van der Waals surface area (Å²) in [6.45, 7) is 10.0. The molecule has 0 bridgehead atoms. The third-order valence-corrected chi connectivity index (χ3v) is 4.93. The van der Waals surface area contributed by atoms with Crippen LogP contribution < -0.4 is 5.46 Å². The van der Waals surface area contributed by atoms with Crippen LogP contribution in [0.15, 0.2) is 59.5 Å². The van der Waals surface area contributed by atoms with E-state index in [1.165, 1.54) is 10.5 Å². The Morgan fingerprint density at radius 2 is 1.30 bits per heavy atom. The normalized spacial score (nSPS) is 12.3. The van der Waals surface area contributed by atoms with Gasteiger partial charge in [-0.2, -0.15) is 0 Å². The molecule has 2 aromatic carbocycles. The molecule has 0 fully saturated rings. The van der Waals surface area contributed by atoms with Gasteiger partial charge in [0.1, 0.15) is 0 Å². The average Bonchev–Trinajstić information content (AvgIpc) is 2.59. The SMILES string of the molecule is CC(C)O[B-](OC(C)C)(OC(C)C)c1cccc(SCc2ccccc2)c1. The van der Waals surface area contributed by atoms with Crippen molar-refractivity contribution >= 4 is 24.0 Å². The van der Waals surface area contributed by atoms with Crippen LogP contribution in [0.4, 0.5) is 0 Å². The maximum Gasteiger partial charge on any atom is 0.410 e. The molecule has 0 amide bonds. The summed E-state index contributed by atoms with van der Waals surface area (Å²) in [6.07, 6.45) is -0.0330. The zero-order chi connectivity index (χ0) is 19.9. The lowest BCUT2D eigenvalue weighted by Gasteiger charge is -2.46. The predicted octanol–water partition coefficient (Wildman–Crippen LogP) is 5.40. The Kier molecular flexibility index (Phi) is 8.42. The Bertz CT molecular complexity index is 662. The lowest BCUT2D eigenvalue weighted by atomic mass is 9.68. The van der Waals surface area contributed by atoms with Gasteiger partial charge in [-0.15, -0.1) is 17.2 Å². The van der Waals surface area contributed by atoms with E-state index in [-0.39, 0.29) is 18.3 Å². The van der Waals surface area contributed by atoms with Crippen LogP contribution in [0.5, 0.6) is 0 Å². The van der Waals surface area contributed by atoms with Gasteiger partial charge in [0, 0.05) is 29.0 Å². The summed E-state index contributed by atoms with van der Waals surface area (Å²) in [4.78, 5) is 1.18. The van der Waals surface area contributed by atoms with Crippen LogP contribution in [0.25, 0.3) is 0 Å². The fraction of sp³-hybridized carbons (Fsp3) is 0.455. The highest BCUT2D eigenvalue weighted by Gasteiger charge is 2.34. The summed E-state index contributed by atoms with van der Waals surface area (Å²) in [5.74, 6) is 0.922. The van der Waals surface area contributed by atoms with Crippen molar-refractivity contribution in [3.63, 3.8) is 0 Å². The highest BCUT2D eigenvalue weighted by molar-refractivity contribution is 7.98. The first-order chi connectivity index (χ1) is 12.8. The van der Waals surface area contributed by atoms with E-state index in [0.29, 0.717) is 0 Å². The van der Waals surface area contributed by atoms with E-state index in [1.807, 2.05) is 53.7 Å². The van der Waals surface area contributed by atoms with Crippen LogP contribution in [0.2, 0.25) is 0 Å². The second kappa shape index (κ2) is 10.3. The van der Waals surface area contributed by atoms with Crippen molar-refractivity contribution in [2.45, 2.75) is 70.5 Å². The van der Waals surface area contributed by atoms with Crippen molar-refractivity contribution in [1.82, 2.24) is 0 Å². The predicted molar refractivity (Wildman–Crippen MR) is 116 cm³/mol. The number of benzene rings is 2. The summed E-state index contributed by atoms with van der Waals surface area (Å²) in [5.41, 5.74) is 2.25. The first-order valence-electron chi connectivity index (χ1n) is 9.75. The topological polar surface area (TPSA) is 27.7 Å². The van der Waals surface area contributed by atoms with Gasteiger partial charge in [0.15, 0.2) is 0 Å². The fourth-order valence-electron chi connectivity index (χ4n) is 2.97. The van der Waals surface area contributed by atoms with Crippen LogP contribution in [0.3, 0.4) is 0 Å². The first-order valence-corrected chi connectivity index (χ1v) is 10.7. The Hall–Kier alpha value is -1.27. The molecule has 0 saturated carbocycles. The molecule has 0 aliphatic rings. The van der Waals surface area contributed by atoms with Crippen molar-refractivity contribution < 1.29 is 14.0 Å². The molecule has 5 heteroatoms. The summed E-state index contributed by atoms with van der Waals surface area (Å²) >= 11 is 1.80. The summed E-state index contributed by atoms with van der Waals surface area (Å²) in [6, 6.07) is 18.8. The van der Waals surface area contributed by atoms with E-state index < -0.39 is 6.75 Å². The molecular formula is C22H32BO3S-. The minimum Gasteiger partial charge on any atom is -0.539 e. The Balaban J connectivity index is 2.30. The van der Waals surface area contributed by atoms with Gasteiger partial charge in [-0.3, -0.25) is 0 Å². The molecule has 0 radical (unpaired) electrons. The second-order valence-electron chi connectivity index (χ2n) is 7.54. The van der Waals surface area contributed by atoms with Crippen molar-refractivity contribution in [2.24, 2.45) is 0 Å². The number of hydrogen-bond donors (Lipinski definition) is 0. The molecule has 0 saturated heterocycles. The molecule has 0 spiro atoms. The number of thioether (sulfide) groups is 1. The molecule has 0 unspecified atom stereocenters. The van der Waals surface area contributed by atoms with E-state index in [1.54, 1.807) is 11.8 Å². The first kappa shape index (κ1) is 22.0. The van der Waals surface area contributed by atoms with Gasteiger partial charge in [0.05, 0.1) is 0 Å². The molecule has 0 aliphatic carbocycles. The third-order valence-electron chi connectivity index (χ3n) is 3.87. The van der Waals surface area contributed by atoms with Crippen LogP contribution in [0, 0.1) is 0 Å². The van der Waals surface area contributed by atoms with Crippen LogP contribution in [0.1, 0.15) is 47.1 Å². The monoisotopic (exact) mass is 387 g/mol. The molecule has 0 aliphatic heterocycles. The maximum absolute atomic E-state index is 6.27. The van der Waals surface area contributed by atoms with E-state index in [9.17, 15) is 0 Å². The smallest absolute Gasteiger partial charge is 0.410 e. The molecule has 0 aromatic heterocycles. The van der Waals surface area contributed by atoms with Crippen molar-refractivity contribution in [2.75, 3.05) is 0 Å². The Labute approximate surface area is 168 Å². The summed E-state index contributed by atoms with van der Waals surface area (Å²) < 4.78 is 18.8. The largest absolute Gasteiger partial charge is 0.539 e. The number of rotatable bonds is 10. The maximum atomic E-state index is 6.27. The Morgan fingerprint density at radius 3 is 1.81 bits per heavy atom. The molecule has 0 N–H and O–H groups in total.